The van der Waals surface area contributed by atoms with Crippen molar-refractivity contribution in [1.82, 2.24) is 4.72 Å². The molecule has 1 aliphatic rings. The van der Waals surface area contributed by atoms with Gasteiger partial charge in [0, 0.05) is 10.5 Å². The van der Waals surface area contributed by atoms with Crippen molar-refractivity contribution in [3.05, 3.63) is 28.5 Å². The van der Waals surface area contributed by atoms with Crippen LogP contribution >= 0.6 is 15.9 Å². The molecule has 1 aromatic rings. The molecule has 7 heteroatoms. The van der Waals surface area contributed by atoms with E-state index in [2.05, 4.69) is 20.7 Å². The zero-order chi connectivity index (χ0) is 14.0. The topological polar surface area (TPSA) is 66.4 Å². The minimum Gasteiger partial charge on any atom is -0.391 e. The van der Waals surface area contributed by atoms with Crippen LogP contribution in [0.25, 0.3) is 0 Å². The third kappa shape index (κ3) is 3.53. The van der Waals surface area contributed by atoms with E-state index in [0.717, 1.165) is 18.9 Å². The van der Waals surface area contributed by atoms with Gasteiger partial charge in [-0.3, -0.25) is 0 Å². The summed E-state index contributed by atoms with van der Waals surface area (Å²) in [5.41, 5.74) is 0. The monoisotopic (exact) mass is 351 g/mol. The highest BCUT2D eigenvalue weighted by atomic mass is 79.9. The lowest BCUT2D eigenvalue weighted by Gasteiger charge is -2.28. The van der Waals surface area contributed by atoms with Crippen LogP contribution in [0, 0.1) is 5.82 Å². The van der Waals surface area contributed by atoms with Gasteiger partial charge in [0.15, 0.2) is 0 Å². The molecular weight excluding hydrogens is 337 g/mol. The Kier molecular flexibility index (Phi) is 4.60. The average Bonchev–Trinajstić information content (AvgIpc) is 2.31. The number of sulfonamides is 1. The highest BCUT2D eigenvalue weighted by molar-refractivity contribution is 9.10. The van der Waals surface area contributed by atoms with Crippen LogP contribution in [-0.2, 0) is 10.0 Å². The summed E-state index contributed by atoms with van der Waals surface area (Å²) in [5.74, 6) is -0.813. The first-order valence-corrected chi connectivity index (χ1v) is 8.33. The first kappa shape index (κ1) is 14.9. The molecular formula is C12H15BrFNO3S. The van der Waals surface area contributed by atoms with Crippen molar-refractivity contribution in [2.75, 3.05) is 0 Å². The molecule has 0 radical (unpaired) electrons. The molecule has 0 saturated heterocycles. The third-order valence-electron chi connectivity index (χ3n) is 3.22. The lowest BCUT2D eigenvalue weighted by molar-refractivity contribution is 0.101. The van der Waals surface area contributed by atoms with Gasteiger partial charge in [0.2, 0.25) is 10.0 Å². The predicted molar refractivity (Wildman–Crippen MR) is 72.7 cm³/mol. The molecule has 2 rings (SSSR count). The van der Waals surface area contributed by atoms with Crippen LogP contribution in [0.1, 0.15) is 25.7 Å². The van der Waals surface area contributed by atoms with Crippen LogP contribution in [0.15, 0.2) is 27.6 Å². The molecule has 1 aromatic carbocycles. The lowest BCUT2D eigenvalue weighted by Crippen LogP contribution is -2.45. The van der Waals surface area contributed by atoms with E-state index >= 15 is 0 Å². The van der Waals surface area contributed by atoms with Gasteiger partial charge < -0.3 is 5.11 Å². The normalized spacial score (nSPS) is 24.4. The maximum Gasteiger partial charge on any atom is 0.243 e. The van der Waals surface area contributed by atoms with E-state index in [1.54, 1.807) is 0 Å². The number of hydrogen-bond acceptors (Lipinski definition) is 3. The van der Waals surface area contributed by atoms with E-state index in [0.29, 0.717) is 17.3 Å². The van der Waals surface area contributed by atoms with E-state index < -0.39 is 32.9 Å². The third-order valence-corrected chi connectivity index (χ3v) is 5.24. The Morgan fingerprint density at radius 3 is 2.63 bits per heavy atom. The molecule has 19 heavy (non-hydrogen) atoms. The standard InChI is InChI=1S/C12H15BrFNO3S/c13-8-5-6-12(9(14)7-8)19(17,18)15-10-3-1-2-4-11(10)16/h5-7,10-11,15-16H,1-4H2/t10-,11-/m1/s1. The van der Waals surface area contributed by atoms with Gasteiger partial charge in [-0.05, 0) is 31.0 Å². The molecule has 106 valence electrons. The lowest BCUT2D eigenvalue weighted by atomic mass is 9.93. The van der Waals surface area contributed by atoms with Crippen LogP contribution in [0.2, 0.25) is 0 Å². The fraction of sp³-hybridized carbons (Fsp3) is 0.500. The molecule has 1 fully saturated rings. The molecule has 1 saturated carbocycles. The van der Waals surface area contributed by atoms with Crippen LogP contribution < -0.4 is 4.72 Å². The minimum absolute atomic E-state index is 0.395. The quantitative estimate of drug-likeness (QED) is 0.876. The summed E-state index contributed by atoms with van der Waals surface area (Å²) in [7, 11) is -3.95. The zero-order valence-corrected chi connectivity index (χ0v) is 12.5. The summed E-state index contributed by atoms with van der Waals surface area (Å²) in [6, 6.07) is 3.24. The SMILES string of the molecule is O=S(=O)(N[C@@H]1CCCC[C@H]1O)c1ccc(Br)cc1F. The smallest absolute Gasteiger partial charge is 0.243 e. The molecule has 2 atom stereocenters. The molecule has 0 heterocycles. The minimum atomic E-state index is -3.95. The first-order chi connectivity index (χ1) is 8.90. The molecule has 0 spiro atoms. The predicted octanol–water partition coefficient (Wildman–Crippen LogP) is 2.17. The molecule has 0 aliphatic heterocycles. The number of nitrogens with one attached hydrogen (secondary N) is 1. The van der Waals surface area contributed by atoms with Crippen molar-refractivity contribution >= 4 is 26.0 Å². The van der Waals surface area contributed by atoms with Gasteiger partial charge in [-0.1, -0.05) is 28.8 Å². The number of aliphatic hydroxyl groups is 1. The van der Waals surface area contributed by atoms with Gasteiger partial charge in [0.1, 0.15) is 10.7 Å². The Bertz CT molecular complexity index is 564. The van der Waals surface area contributed by atoms with Gasteiger partial charge in [-0.25, -0.2) is 17.5 Å². The highest BCUT2D eigenvalue weighted by Gasteiger charge is 2.29. The fourth-order valence-corrected chi connectivity index (χ4v) is 3.90. The van der Waals surface area contributed by atoms with Crippen LogP contribution in [-0.4, -0.2) is 25.7 Å². The second-order valence-corrected chi connectivity index (χ2v) is 7.25. The van der Waals surface area contributed by atoms with Crippen molar-refractivity contribution in [3.63, 3.8) is 0 Å². The van der Waals surface area contributed by atoms with Crippen molar-refractivity contribution in [2.45, 2.75) is 42.7 Å². The van der Waals surface area contributed by atoms with E-state index in [-0.39, 0.29) is 0 Å². The van der Waals surface area contributed by atoms with Gasteiger partial charge in [-0.15, -0.1) is 0 Å². The van der Waals surface area contributed by atoms with Gasteiger partial charge >= 0.3 is 0 Å². The van der Waals surface area contributed by atoms with Gasteiger partial charge in [0.05, 0.1) is 6.10 Å². The Morgan fingerprint density at radius 1 is 1.32 bits per heavy atom. The van der Waals surface area contributed by atoms with Crippen LogP contribution in [0.5, 0.6) is 0 Å². The Hall–Kier alpha value is -0.500. The van der Waals surface area contributed by atoms with E-state index in [4.69, 9.17) is 0 Å². The number of aliphatic hydroxyl groups excluding tert-OH is 1. The molecule has 0 unspecified atom stereocenters. The summed E-state index contributed by atoms with van der Waals surface area (Å²) in [5, 5.41) is 9.76. The van der Waals surface area contributed by atoms with E-state index in [9.17, 15) is 17.9 Å². The maximum atomic E-state index is 13.7. The maximum absolute atomic E-state index is 13.7. The zero-order valence-electron chi connectivity index (χ0n) is 10.1. The molecule has 0 bridgehead atoms. The van der Waals surface area contributed by atoms with Crippen molar-refractivity contribution in [1.29, 1.82) is 0 Å². The number of hydrogen-bond donors (Lipinski definition) is 2. The molecule has 0 amide bonds. The molecule has 2 N–H and O–H groups in total. The van der Waals surface area contributed by atoms with Gasteiger partial charge in [-0.2, -0.15) is 0 Å². The van der Waals surface area contributed by atoms with Crippen LogP contribution in [0.3, 0.4) is 0 Å². The van der Waals surface area contributed by atoms with Crippen molar-refractivity contribution in [3.8, 4) is 0 Å². The molecule has 1 aliphatic carbocycles. The highest BCUT2D eigenvalue weighted by Crippen LogP contribution is 2.23. The van der Waals surface area contributed by atoms with E-state index in [1.165, 1.54) is 12.1 Å². The largest absolute Gasteiger partial charge is 0.391 e. The molecule has 0 aromatic heterocycles. The number of benzene rings is 1. The fourth-order valence-electron chi connectivity index (χ4n) is 2.20. The second kappa shape index (κ2) is 5.87. The van der Waals surface area contributed by atoms with E-state index in [1.807, 2.05) is 0 Å². The van der Waals surface area contributed by atoms with Gasteiger partial charge in [0.25, 0.3) is 0 Å². The second-order valence-electron chi connectivity index (χ2n) is 4.65. The number of rotatable bonds is 3. The Balaban J connectivity index is 2.22. The summed E-state index contributed by atoms with van der Waals surface area (Å²) < 4.78 is 40.7. The average molecular weight is 352 g/mol. The Labute approximate surface area is 120 Å². The van der Waals surface area contributed by atoms with Crippen molar-refractivity contribution < 1.29 is 17.9 Å². The summed E-state index contributed by atoms with van der Waals surface area (Å²) in [6.07, 6.45) is 2.16. The first-order valence-electron chi connectivity index (χ1n) is 6.05. The summed E-state index contributed by atoms with van der Waals surface area (Å²) >= 11 is 3.08. The molecule has 4 nitrogen and oxygen atoms in total. The van der Waals surface area contributed by atoms with Crippen molar-refractivity contribution in [2.24, 2.45) is 0 Å². The number of halogens is 2. The van der Waals surface area contributed by atoms with Crippen LogP contribution in [0.4, 0.5) is 4.39 Å². The summed E-state index contributed by atoms with van der Waals surface area (Å²) in [6.45, 7) is 0. The Morgan fingerprint density at radius 2 is 2.00 bits per heavy atom. The summed E-state index contributed by atoms with van der Waals surface area (Å²) in [4.78, 5) is -0.395.